The third-order valence-electron chi connectivity index (χ3n) is 5.82. The lowest BCUT2D eigenvalue weighted by Crippen LogP contribution is -2.66. The monoisotopic (exact) mass is 332 g/mol. The third kappa shape index (κ3) is 4.29. The summed E-state index contributed by atoms with van der Waals surface area (Å²) in [4.78, 5) is 11.8. The molecule has 2 rings (SSSR count). The van der Waals surface area contributed by atoms with Gasteiger partial charge in [0.1, 0.15) is 6.10 Å². The number of rotatable bonds is 5. The number of nitrogens with one attached hydrogen (secondary N) is 2. The Morgan fingerprint density at radius 3 is 2.58 bits per heavy atom. The Labute approximate surface area is 146 Å². The molecule has 1 fully saturated rings. The first kappa shape index (κ1) is 18.8. The van der Waals surface area contributed by atoms with E-state index < -0.39 is 0 Å². The molecular weight excluding hydrogens is 300 g/mol. The minimum atomic E-state index is -0.336. The zero-order valence-electron chi connectivity index (χ0n) is 15.7. The quantitative estimate of drug-likeness (QED) is 0.860. The molecule has 1 aromatic carbocycles. The first-order valence-electron chi connectivity index (χ1n) is 9.03. The van der Waals surface area contributed by atoms with Gasteiger partial charge < -0.3 is 15.4 Å². The summed E-state index contributed by atoms with van der Waals surface area (Å²) in [6.45, 7) is 8.89. The molecule has 0 radical (unpaired) electrons. The lowest BCUT2D eigenvalue weighted by Gasteiger charge is -2.53. The van der Waals surface area contributed by atoms with Crippen molar-refractivity contribution in [2.24, 2.45) is 5.92 Å². The van der Waals surface area contributed by atoms with Crippen molar-refractivity contribution in [1.82, 2.24) is 10.6 Å². The fourth-order valence-corrected chi connectivity index (χ4v) is 3.80. The van der Waals surface area contributed by atoms with Crippen LogP contribution in [0.3, 0.4) is 0 Å². The van der Waals surface area contributed by atoms with Crippen molar-refractivity contribution in [2.45, 2.75) is 70.6 Å². The summed E-state index contributed by atoms with van der Waals surface area (Å²) in [5, 5.41) is 6.47. The average molecular weight is 332 g/mol. The maximum Gasteiger partial charge on any atom is 0.407 e. The summed E-state index contributed by atoms with van der Waals surface area (Å²) in [5.41, 5.74) is 1.26. The number of ether oxygens (including phenoxy) is 1. The van der Waals surface area contributed by atoms with Crippen molar-refractivity contribution in [3.8, 4) is 0 Å². The average Bonchev–Trinajstić information content (AvgIpc) is 2.58. The van der Waals surface area contributed by atoms with Crippen LogP contribution in [-0.2, 0) is 11.2 Å². The molecule has 1 aliphatic heterocycles. The number of carbonyl (C=O) groups excluding carboxylic acids is 1. The van der Waals surface area contributed by atoms with Gasteiger partial charge in [0.05, 0.1) is 0 Å². The lowest BCUT2D eigenvalue weighted by atomic mass is 9.69. The number of hydrogen-bond donors (Lipinski definition) is 2. The molecule has 2 N–H and O–H groups in total. The molecule has 4 atom stereocenters. The largest absolute Gasteiger partial charge is 0.446 e. The van der Waals surface area contributed by atoms with Gasteiger partial charge in [0, 0.05) is 30.5 Å². The van der Waals surface area contributed by atoms with Gasteiger partial charge in [-0.15, -0.1) is 0 Å². The summed E-state index contributed by atoms with van der Waals surface area (Å²) < 4.78 is 5.71. The van der Waals surface area contributed by atoms with Gasteiger partial charge in [0.25, 0.3) is 0 Å². The number of benzene rings is 1. The maximum absolute atomic E-state index is 11.8. The number of alkyl carbamates (subject to hydrolysis) is 1. The molecule has 0 aliphatic carbocycles. The second-order valence-electron chi connectivity index (χ2n) is 7.63. The van der Waals surface area contributed by atoms with Crippen LogP contribution in [0.25, 0.3) is 0 Å². The highest BCUT2D eigenvalue weighted by Gasteiger charge is 2.48. The van der Waals surface area contributed by atoms with Crippen molar-refractivity contribution in [3.05, 3.63) is 35.9 Å². The van der Waals surface area contributed by atoms with Crippen molar-refractivity contribution in [3.63, 3.8) is 0 Å². The number of carbonyl (C=O) groups is 1. The standard InChI is InChI=1S/C20H32N2O2/c1-6-19(3)14-17(24-18(23)21-5)15(2)20(4,22-19)13-12-16-10-8-7-9-11-16/h7-11,15,17,22H,6,12-14H2,1-5H3,(H,21,23). The van der Waals surface area contributed by atoms with E-state index in [1.807, 2.05) is 6.07 Å². The maximum atomic E-state index is 11.8. The summed E-state index contributed by atoms with van der Waals surface area (Å²) in [6.07, 6.45) is 3.48. The molecule has 1 saturated heterocycles. The Morgan fingerprint density at radius 2 is 2.00 bits per heavy atom. The molecule has 1 heterocycles. The Hall–Kier alpha value is -1.55. The summed E-state index contributed by atoms with van der Waals surface area (Å²) in [6, 6.07) is 10.6. The van der Waals surface area contributed by atoms with E-state index in [1.165, 1.54) is 5.56 Å². The molecule has 24 heavy (non-hydrogen) atoms. The van der Waals surface area contributed by atoms with Crippen molar-refractivity contribution < 1.29 is 9.53 Å². The van der Waals surface area contributed by atoms with E-state index in [1.54, 1.807) is 7.05 Å². The molecule has 0 spiro atoms. The van der Waals surface area contributed by atoms with Crippen LogP contribution in [0.1, 0.15) is 52.5 Å². The van der Waals surface area contributed by atoms with E-state index in [4.69, 9.17) is 4.74 Å². The van der Waals surface area contributed by atoms with E-state index in [0.717, 1.165) is 25.7 Å². The molecule has 0 bridgehead atoms. The molecule has 134 valence electrons. The zero-order valence-corrected chi connectivity index (χ0v) is 15.7. The van der Waals surface area contributed by atoms with Crippen molar-refractivity contribution in [2.75, 3.05) is 7.05 Å². The van der Waals surface area contributed by atoms with E-state index in [2.05, 4.69) is 62.6 Å². The smallest absolute Gasteiger partial charge is 0.407 e. The molecule has 4 unspecified atom stereocenters. The summed E-state index contributed by atoms with van der Waals surface area (Å²) in [5.74, 6) is 0.248. The van der Waals surface area contributed by atoms with Gasteiger partial charge in [-0.2, -0.15) is 0 Å². The first-order valence-corrected chi connectivity index (χ1v) is 9.03. The summed E-state index contributed by atoms with van der Waals surface area (Å²) in [7, 11) is 1.61. The molecule has 4 nitrogen and oxygen atoms in total. The van der Waals surface area contributed by atoms with Gasteiger partial charge in [0.15, 0.2) is 0 Å². The molecule has 1 amide bonds. The van der Waals surface area contributed by atoms with Crippen LogP contribution in [0.15, 0.2) is 30.3 Å². The van der Waals surface area contributed by atoms with E-state index in [9.17, 15) is 4.79 Å². The van der Waals surface area contributed by atoms with E-state index in [-0.39, 0.29) is 29.2 Å². The van der Waals surface area contributed by atoms with Crippen molar-refractivity contribution >= 4 is 6.09 Å². The predicted octanol–water partition coefficient (Wildman–Crippen LogP) is 3.90. The van der Waals surface area contributed by atoms with Crippen LogP contribution in [0.2, 0.25) is 0 Å². The van der Waals surface area contributed by atoms with E-state index in [0.29, 0.717) is 0 Å². The van der Waals surface area contributed by atoms with Gasteiger partial charge >= 0.3 is 6.09 Å². The van der Waals surface area contributed by atoms with Crippen LogP contribution in [0.5, 0.6) is 0 Å². The Bertz CT molecular complexity index is 548. The van der Waals surface area contributed by atoms with Gasteiger partial charge in [0.2, 0.25) is 0 Å². The number of piperidine rings is 1. The van der Waals surface area contributed by atoms with Gasteiger partial charge in [-0.25, -0.2) is 4.79 Å². The first-order chi connectivity index (χ1) is 11.3. The van der Waals surface area contributed by atoms with Crippen LogP contribution >= 0.6 is 0 Å². The lowest BCUT2D eigenvalue weighted by molar-refractivity contribution is -0.0381. The Morgan fingerprint density at radius 1 is 1.33 bits per heavy atom. The fraction of sp³-hybridized carbons (Fsp3) is 0.650. The van der Waals surface area contributed by atoms with Gasteiger partial charge in [-0.05, 0) is 38.7 Å². The van der Waals surface area contributed by atoms with Crippen LogP contribution in [0, 0.1) is 5.92 Å². The van der Waals surface area contributed by atoms with Crippen molar-refractivity contribution in [1.29, 1.82) is 0 Å². The molecule has 1 aliphatic rings. The molecule has 4 heteroatoms. The highest BCUT2D eigenvalue weighted by molar-refractivity contribution is 5.66. The Kier molecular flexibility index (Phi) is 5.92. The molecular formula is C20H32N2O2. The normalized spacial score (nSPS) is 33.0. The Balaban J connectivity index is 2.16. The molecule has 0 aromatic heterocycles. The minimum absolute atomic E-state index is 0.0172. The van der Waals surface area contributed by atoms with Gasteiger partial charge in [-0.3, -0.25) is 0 Å². The summed E-state index contributed by atoms with van der Waals surface area (Å²) >= 11 is 0. The second-order valence-corrected chi connectivity index (χ2v) is 7.63. The number of hydrogen-bond acceptors (Lipinski definition) is 3. The van der Waals surface area contributed by atoms with Crippen LogP contribution < -0.4 is 10.6 Å². The topological polar surface area (TPSA) is 50.4 Å². The van der Waals surface area contributed by atoms with Crippen LogP contribution in [-0.4, -0.2) is 30.3 Å². The van der Waals surface area contributed by atoms with E-state index >= 15 is 0 Å². The SMILES string of the molecule is CCC1(C)CC(OC(=O)NC)C(C)C(C)(CCc2ccccc2)N1. The number of amides is 1. The predicted molar refractivity (Wildman–Crippen MR) is 98.1 cm³/mol. The second kappa shape index (κ2) is 7.56. The zero-order chi connectivity index (χ0) is 17.8. The number of aryl methyl sites for hydroxylation is 1. The molecule has 1 aromatic rings. The van der Waals surface area contributed by atoms with Crippen LogP contribution in [0.4, 0.5) is 4.79 Å². The molecule has 0 saturated carbocycles. The highest BCUT2D eigenvalue weighted by Crippen LogP contribution is 2.39. The third-order valence-corrected chi connectivity index (χ3v) is 5.82. The van der Waals surface area contributed by atoms with Gasteiger partial charge in [-0.1, -0.05) is 44.2 Å². The highest BCUT2D eigenvalue weighted by atomic mass is 16.6. The minimum Gasteiger partial charge on any atom is -0.446 e. The fourth-order valence-electron chi connectivity index (χ4n) is 3.80.